The largest absolute Gasteiger partial charge is 0.490 e. The lowest BCUT2D eigenvalue weighted by Gasteiger charge is -2.27. The van der Waals surface area contributed by atoms with Gasteiger partial charge >= 0.3 is 24.3 Å². The summed E-state index contributed by atoms with van der Waals surface area (Å²) in [6, 6.07) is 6.85. The maximum Gasteiger partial charge on any atom is 0.490 e. The number of ether oxygens (including phenoxy) is 1. The fraction of sp³-hybridized carbons (Fsp3) is 0.542. The maximum atomic E-state index is 10.6. The van der Waals surface area contributed by atoms with E-state index in [0.717, 1.165) is 59.0 Å². The van der Waals surface area contributed by atoms with Crippen molar-refractivity contribution < 1.29 is 50.9 Å². The van der Waals surface area contributed by atoms with Gasteiger partial charge in [0.05, 0.1) is 25.5 Å². The van der Waals surface area contributed by atoms with Crippen LogP contribution in [0.3, 0.4) is 0 Å². The molecule has 1 aromatic heterocycles. The zero-order chi connectivity index (χ0) is 29.4. The molecule has 15 heteroatoms. The van der Waals surface area contributed by atoms with Crippen molar-refractivity contribution in [2.75, 3.05) is 32.8 Å². The molecule has 39 heavy (non-hydrogen) atoms. The molecule has 0 atom stereocenters. The normalized spacial score (nSPS) is 16.3. The molecular weight excluding hydrogens is 538 g/mol. The van der Waals surface area contributed by atoms with E-state index in [0.29, 0.717) is 0 Å². The molecule has 3 heterocycles. The number of hydrogen-bond acceptors (Lipinski definition) is 6. The summed E-state index contributed by atoms with van der Waals surface area (Å²) in [5.74, 6) is -4.31. The third-order valence-corrected chi connectivity index (χ3v) is 5.59. The zero-order valence-corrected chi connectivity index (χ0v) is 21.3. The number of morpholine rings is 1. The fourth-order valence-electron chi connectivity index (χ4n) is 3.98. The first-order valence-corrected chi connectivity index (χ1v) is 11.8. The lowest BCUT2D eigenvalue weighted by molar-refractivity contribution is -0.193. The second-order valence-corrected chi connectivity index (χ2v) is 9.04. The summed E-state index contributed by atoms with van der Waals surface area (Å²) >= 11 is 0. The molecular formula is C24H30F6N4O5. The Morgan fingerprint density at radius 1 is 0.846 bits per heavy atom. The highest BCUT2D eigenvalue weighted by Gasteiger charge is 2.38. The van der Waals surface area contributed by atoms with Crippen molar-refractivity contribution in [1.29, 1.82) is 0 Å². The van der Waals surface area contributed by atoms with E-state index in [1.807, 2.05) is 0 Å². The van der Waals surface area contributed by atoms with Crippen molar-refractivity contribution in [3.63, 3.8) is 0 Å². The molecule has 1 saturated heterocycles. The third-order valence-electron chi connectivity index (χ3n) is 5.59. The van der Waals surface area contributed by atoms with Crippen molar-refractivity contribution in [2.24, 2.45) is 0 Å². The molecule has 0 saturated carbocycles. The van der Waals surface area contributed by atoms with Crippen molar-refractivity contribution >= 4 is 11.9 Å². The van der Waals surface area contributed by atoms with Crippen LogP contribution in [0.5, 0.6) is 0 Å². The minimum Gasteiger partial charge on any atom is -0.475 e. The fourth-order valence-corrected chi connectivity index (χ4v) is 3.98. The number of halogens is 6. The highest BCUT2D eigenvalue weighted by atomic mass is 19.4. The Bertz CT molecular complexity index is 1070. The molecule has 0 unspecified atom stereocenters. The number of carboxylic acid groups (broad SMARTS) is 2. The van der Waals surface area contributed by atoms with Crippen molar-refractivity contribution in [3.05, 3.63) is 52.6 Å². The molecule has 0 amide bonds. The molecule has 2 N–H and O–H groups in total. The van der Waals surface area contributed by atoms with E-state index in [9.17, 15) is 26.3 Å². The van der Waals surface area contributed by atoms with Crippen LogP contribution in [-0.2, 0) is 40.5 Å². The molecule has 2 aliphatic rings. The van der Waals surface area contributed by atoms with Crippen LogP contribution >= 0.6 is 0 Å². The van der Waals surface area contributed by atoms with Gasteiger partial charge < -0.3 is 19.5 Å². The molecule has 9 nitrogen and oxygen atoms in total. The lowest BCUT2D eigenvalue weighted by atomic mass is 10.1. The molecule has 2 aromatic rings. The minimum absolute atomic E-state index is 0.844. The number of hydrogen-bond donors (Lipinski definition) is 2. The highest BCUT2D eigenvalue weighted by Crippen LogP contribution is 2.18. The van der Waals surface area contributed by atoms with Crippen LogP contribution in [0.1, 0.15) is 28.2 Å². The van der Waals surface area contributed by atoms with Crippen LogP contribution in [-0.4, -0.2) is 86.7 Å². The van der Waals surface area contributed by atoms with E-state index in [2.05, 4.69) is 52.6 Å². The van der Waals surface area contributed by atoms with Gasteiger partial charge in [-0.15, -0.1) is 0 Å². The van der Waals surface area contributed by atoms with E-state index >= 15 is 0 Å². The lowest BCUT2D eigenvalue weighted by Crippen LogP contribution is -2.35. The molecule has 1 fully saturated rings. The Morgan fingerprint density at radius 2 is 1.36 bits per heavy atom. The van der Waals surface area contributed by atoms with Gasteiger partial charge in [0.25, 0.3) is 0 Å². The summed E-state index contributed by atoms with van der Waals surface area (Å²) in [5, 5.41) is 14.2. The number of benzene rings is 1. The SMILES string of the molecule is Cc1cc(C)cc(CN2CCn3cc(CN4CCOCC4)nc3C2)c1.O=C(O)C(F)(F)F.O=C(O)C(F)(F)F. The summed E-state index contributed by atoms with van der Waals surface area (Å²) in [6.07, 6.45) is -7.92. The van der Waals surface area contributed by atoms with E-state index in [-0.39, 0.29) is 0 Å². The van der Waals surface area contributed by atoms with Gasteiger partial charge in [-0.2, -0.15) is 26.3 Å². The van der Waals surface area contributed by atoms with E-state index in [1.165, 1.54) is 28.2 Å². The molecule has 0 aliphatic carbocycles. The first-order chi connectivity index (χ1) is 18.0. The second-order valence-electron chi connectivity index (χ2n) is 9.04. The zero-order valence-electron chi connectivity index (χ0n) is 21.3. The molecule has 2 aliphatic heterocycles. The van der Waals surface area contributed by atoms with Gasteiger partial charge in [0.1, 0.15) is 5.82 Å². The van der Waals surface area contributed by atoms with E-state index in [1.54, 1.807) is 0 Å². The molecule has 4 rings (SSSR count). The third kappa shape index (κ3) is 11.2. The molecule has 0 bridgehead atoms. The Balaban J connectivity index is 0.000000317. The molecule has 0 radical (unpaired) electrons. The number of aryl methyl sites for hydroxylation is 2. The van der Waals surface area contributed by atoms with E-state index < -0.39 is 24.3 Å². The number of rotatable bonds is 4. The van der Waals surface area contributed by atoms with Crippen LogP contribution in [0, 0.1) is 13.8 Å². The summed E-state index contributed by atoms with van der Waals surface area (Å²) in [5.41, 5.74) is 5.30. The summed E-state index contributed by atoms with van der Waals surface area (Å²) in [6.45, 7) is 13.1. The molecule has 0 spiro atoms. The topological polar surface area (TPSA) is 108 Å². The summed E-state index contributed by atoms with van der Waals surface area (Å²) in [4.78, 5) is 27.6. The van der Waals surface area contributed by atoms with Crippen LogP contribution in [0.25, 0.3) is 0 Å². The maximum absolute atomic E-state index is 10.6. The van der Waals surface area contributed by atoms with Gasteiger partial charge in [0.15, 0.2) is 0 Å². The molecule has 218 valence electrons. The minimum atomic E-state index is -5.08. The van der Waals surface area contributed by atoms with Crippen LogP contribution in [0.2, 0.25) is 0 Å². The standard InChI is InChI=1S/C20H28N4O.2C2HF3O2/c1-16-9-17(2)11-18(10-16)12-23-3-4-24-14-19(21-20(24)15-23)13-22-5-7-25-8-6-22;2*3-2(4,5)1(6)7/h9-11,14H,3-8,12-13,15H2,1-2H3;2*(H,6,7). The average Bonchev–Trinajstić information content (AvgIpc) is 3.20. The average molecular weight is 569 g/mol. The number of aromatic nitrogens is 2. The van der Waals surface area contributed by atoms with Gasteiger partial charge in [-0.05, 0) is 19.4 Å². The van der Waals surface area contributed by atoms with Crippen LogP contribution in [0.4, 0.5) is 26.3 Å². The summed E-state index contributed by atoms with van der Waals surface area (Å²) in [7, 11) is 0. The van der Waals surface area contributed by atoms with Crippen LogP contribution < -0.4 is 0 Å². The number of carboxylic acids is 2. The number of nitrogens with zero attached hydrogens (tertiary/aromatic N) is 4. The first-order valence-electron chi connectivity index (χ1n) is 11.8. The Labute approximate surface area is 220 Å². The highest BCUT2D eigenvalue weighted by molar-refractivity contribution is 5.73. The smallest absolute Gasteiger partial charge is 0.475 e. The first kappa shape index (κ1) is 32.0. The number of carbonyl (C=O) groups is 2. The number of aliphatic carboxylic acids is 2. The predicted molar refractivity (Wildman–Crippen MR) is 126 cm³/mol. The van der Waals surface area contributed by atoms with Gasteiger partial charge in [0.2, 0.25) is 0 Å². The Morgan fingerprint density at radius 3 is 1.85 bits per heavy atom. The van der Waals surface area contributed by atoms with Gasteiger partial charge in [-0.25, -0.2) is 14.6 Å². The van der Waals surface area contributed by atoms with Gasteiger partial charge in [0, 0.05) is 45.5 Å². The Kier molecular flexibility index (Phi) is 11.3. The number of alkyl halides is 6. The van der Waals surface area contributed by atoms with Gasteiger partial charge in [-0.1, -0.05) is 29.3 Å². The van der Waals surface area contributed by atoms with Crippen LogP contribution in [0.15, 0.2) is 24.4 Å². The number of imidazole rings is 1. The van der Waals surface area contributed by atoms with Crippen molar-refractivity contribution in [2.45, 2.75) is 52.4 Å². The molecule has 1 aromatic carbocycles. The second kappa shape index (κ2) is 13.8. The number of fused-ring (bicyclic) bond motifs is 1. The van der Waals surface area contributed by atoms with Crippen molar-refractivity contribution in [1.82, 2.24) is 19.4 Å². The van der Waals surface area contributed by atoms with Crippen molar-refractivity contribution in [3.8, 4) is 0 Å². The monoisotopic (exact) mass is 568 g/mol. The summed E-state index contributed by atoms with van der Waals surface area (Å²) < 4.78 is 71.2. The van der Waals surface area contributed by atoms with E-state index in [4.69, 9.17) is 29.5 Å². The Hall–Kier alpha value is -3.17. The quantitative estimate of drug-likeness (QED) is 0.539. The van der Waals surface area contributed by atoms with Gasteiger partial charge in [-0.3, -0.25) is 9.80 Å². The predicted octanol–water partition coefficient (Wildman–Crippen LogP) is 3.61.